The van der Waals surface area contributed by atoms with E-state index in [0.717, 1.165) is 12.1 Å². The average molecular weight is 426 g/mol. The lowest BCUT2D eigenvalue weighted by atomic mass is 10.1. The van der Waals surface area contributed by atoms with Gasteiger partial charge in [-0.3, -0.25) is 30.3 Å². The van der Waals surface area contributed by atoms with Crippen molar-refractivity contribution in [2.24, 2.45) is 0 Å². The first-order chi connectivity index (χ1) is 12.1. The number of nitriles is 1. The zero-order valence-electron chi connectivity index (χ0n) is 12.5. The molecule has 1 aromatic carbocycles. The van der Waals surface area contributed by atoms with E-state index in [-0.39, 0.29) is 22.8 Å². The second-order valence-electron chi connectivity index (χ2n) is 4.37. The van der Waals surface area contributed by atoms with Crippen LogP contribution in [0, 0.1) is 41.7 Å². The maximum atomic E-state index is 10.5. The Kier molecular flexibility index (Phi) is 6.44. The highest BCUT2D eigenvalue weighted by Gasteiger charge is 2.21. The fraction of sp³-hybridized carbons (Fsp3) is 0. The third-order valence-electron chi connectivity index (χ3n) is 2.73. The first-order valence-corrected chi connectivity index (χ1v) is 7.05. The summed E-state index contributed by atoms with van der Waals surface area (Å²) in [7, 11) is 0. The number of pyridine rings is 1. The minimum Gasteiger partial charge on any atom is -0.392 e. The van der Waals surface area contributed by atoms with Crippen LogP contribution in [0.15, 0.2) is 28.9 Å². The van der Waals surface area contributed by atoms with Crippen LogP contribution in [0.2, 0.25) is 0 Å². The highest BCUT2D eigenvalue weighted by Crippen LogP contribution is 2.30. The van der Waals surface area contributed by atoms with E-state index in [1.807, 2.05) is 0 Å². The largest absolute Gasteiger partial charge is 0.392 e. The van der Waals surface area contributed by atoms with Gasteiger partial charge in [-0.05, 0) is 15.9 Å². The van der Waals surface area contributed by atoms with Gasteiger partial charge >= 0.3 is 5.69 Å². The van der Waals surface area contributed by atoms with Crippen molar-refractivity contribution in [2.45, 2.75) is 0 Å². The molecule has 2 aromatic rings. The molecule has 0 fully saturated rings. The molecule has 1 heterocycles. The Labute approximate surface area is 152 Å². The van der Waals surface area contributed by atoms with Crippen molar-refractivity contribution >= 4 is 44.5 Å². The van der Waals surface area contributed by atoms with Gasteiger partial charge in [-0.2, -0.15) is 5.26 Å². The van der Waals surface area contributed by atoms with E-state index in [9.17, 15) is 30.3 Å². The predicted molar refractivity (Wildman–Crippen MR) is 91.9 cm³/mol. The average Bonchev–Trinajstić information content (AvgIpc) is 2.57. The lowest BCUT2D eigenvalue weighted by molar-refractivity contribution is -0.393. The van der Waals surface area contributed by atoms with Crippen molar-refractivity contribution in [2.75, 3.05) is 11.5 Å². The molecule has 0 saturated heterocycles. The molecular formula is C12H8BrN7O6. The molecule has 2 rings (SSSR count). The maximum absolute atomic E-state index is 10.5. The standard InChI is InChI=1S/C7H4N4O4.C5H4BrN3O2/c8-3-4-1-5(10(12)13)2-6(7(4)9)11(14)15;6-3-1-4(9(10)11)5(7)8-2-3/h1-2H,9H2;1-2H,(H2,7,8). The Balaban J connectivity index is 0.000000273. The highest BCUT2D eigenvalue weighted by molar-refractivity contribution is 9.10. The molecule has 14 heteroatoms. The van der Waals surface area contributed by atoms with Crippen molar-refractivity contribution in [1.82, 2.24) is 4.98 Å². The predicted octanol–water partition coefficient (Wildman–Crippen LogP) is 2.29. The van der Waals surface area contributed by atoms with Gasteiger partial charge in [0.25, 0.3) is 11.4 Å². The molecule has 0 spiro atoms. The minimum atomic E-state index is -0.872. The number of nitro benzene ring substituents is 2. The molecular weight excluding hydrogens is 418 g/mol. The lowest BCUT2D eigenvalue weighted by Crippen LogP contribution is -2.00. The summed E-state index contributed by atoms with van der Waals surface area (Å²) in [6, 6.07) is 4.47. The van der Waals surface area contributed by atoms with E-state index in [0.29, 0.717) is 4.47 Å². The molecule has 13 nitrogen and oxygen atoms in total. The fourth-order valence-electron chi connectivity index (χ4n) is 1.56. The molecule has 0 amide bonds. The smallest absolute Gasteiger partial charge is 0.312 e. The monoisotopic (exact) mass is 425 g/mol. The summed E-state index contributed by atoms with van der Waals surface area (Å²) in [6.07, 6.45) is 1.41. The van der Waals surface area contributed by atoms with Gasteiger partial charge < -0.3 is 11.5 Å². The van der Waals surface area contributed by atoms with Crippen LogP contribution in [0.3, 0.4) is 0 Å². The number of nitro groups is 3. The van der Waals surface area contributed by atoms with Crippen molar-refractivity contribution in [1.29, 1.82) is 5.26 Å². The van der Waals surface area contributed by atoms with Crippen LogP contribution in [0.25, 0.3) is 0 Å². The summed E-state index contributed by atoms with van der Waals surface area (Å²) >= 11 is 3.04. The van der Waals surface area contributed by atoms with E-state index in [1.54, 1.807) is 6.07 Å². The summed E-state index contributed by atoms with van der Waals surface area (Å²) in [5, 5.41) is 39.6. The molecule has 0 bridgehead atoms. The van der Waals surface area contributed by atoms with Gasteiger partial charge in [0.2, 0.25) is 5.82 Å². The molecule has 0 saturated carbocycles. The Morgan fingerprint density at radius 3 is 2.00 bits per heavy atom. The van der Waals surface area contributed by atoms with Gasteiger partial charge in [-0.15, -0.1) is 0 Å². The number of hydrogen-bond donors (Lipinski definition) is 2. The number of hydrogen-bond acceptors (Lipinski definition) is 10. The Bertz CT molecular complexity index is 942. The van der Waals surface area contributed by atoms with Crippen LogP contribution in [0.5, 0.6) is 0 Å². The van der Waals surface area contributed by atoms with Gasteiger partial charge in [0.15, 0.2) is 0 Å². The maximum Gasteiger partial charge on any atom is 0.312 e. The normalized spacial score (nSPS) is 9.38. The first-order valence-electron chi connectivity index (χ1n) is 6.26. The fourth-order valence-corrected chi connectivity index (χ4v) is 1.88. The van der Waals surface area contributed by atoms with Crippen molar-refractivity contribution in [3.05, 3.63) is 64.8 Å². The molecule has 0 unspecified atom stereocenters. The molecule has 26 heavy (non-hydrogen) atoms. The third kappa shape index (κ3) is 4.82. The Hall–Kier alpha value is -3.86. The van der Waals surface area contributed by atoms with Gasteiger partial charge in [0.05, 0.1) is 26.4 Å². The number of nitrogen functional groups attached to an aromatic ring is 2. The van der Waals surface area contributed by atoms with E-state index in [4.69, 9.17) is 16.7 Å². The summed E-state index contributed by atoms with van der Waals surface area (Å²) in [6.45, 7) is 0. The van der Waals surface area contributed by atoms with E-state index < -0.39 is 26.1 Å². The second-order valence-corrected chi connectivity index (χ2v) is 5.28. The van der Waals surface area contributed by atoms with Crippen LogP contribution in [0.4, 0.5) is 28.6 Å². The van der Waals surface area contributed by atoms with E-state index >= 15 is 0 Å². The van der Waals surface area contributed by atoms with Gasteiger partial charge in [0.1, 0.15) is 11.8 Å². The van der Waals surface area contributed by atoms with Crippen LogP contribution < -0.4 is 11.5 Å². The molecule has 0 aliphatic carbocycles. The Morgan fingerprint density at radius 1 is 1.00 bits per heavy atom. The molecule has 134 valence electrons. The zero-order valence-corrected chi connectivity index (χ0v) is 14.1. The zero-order chi connectivity index (χ0) is 20.0. The lowest BCUT2D eigenvalue weighted by Gasteiger charge is -1.99. The number of rotatable bonds is 3. The Morgan fingerprint density at radius 2 is 1.58 bits per heavy atom. The van der Waals surface area contributed by atoms with Crippen LogP contribution >= 0.6 is 15.9 Å². The van der Waals surface area contributed by atoms with Crippen molar-refractivity contribution < 1.29 is 14.8 Å². The van der Waals surface area contributed by atoms with E-state index in [2.05, 4.69) is 20.9 Å². The van der Waals surface area contributed by atoms with E-state index in [1.165, 1.54) is 12.3 Å². The molecule has 1 aromatic heterocycles. The topological polar surface area (TPSA) is 218 Å². The molecule has 4 N–H and O–H groups in total. The third-order valence-corrected chi connectivity index (χ3v) is 3.17. The quantitative estimate of drug-likeness (QED) is 0.414. The number of nitrogens with two attached hydrogens (primary N) is 2. The van der Waals surface area contributed by atoms with Crippen molar-refractivity contribution in [3.63, 3.8) is 0 Å². The summed E-state index contributed by atoms with van der Waals surface area (Å²) in [5.41, 5.74) is 8.49. The van der Waals surface area contributed by atoms with Crippen LogP contribution in [0.1, 0.15) is 5.56 Å². The molecule has 0 aliphatic rings. The number of benzene rings is 1. The highest BCUT2D eigenvalue weighted by atomic mass is 79.9. The van der Waals surface area contributed by atoms with Crippen LogP contribution in [-0.4, -0.2) is 19.8 Å². The second kappa shape index (κ2) is 8.30. The van der Waals surface area contributed by atoms with Gasteiger partial charge in [-0.25, -0.2) is 4.98 Å². The number of nitrogens with zero attached hydrogens (tertiary/aromatic N) is 5. The SMILES string of the molecule is N#Cc1cc([N+](=O)[O-])cc([N+](=O)[O-])c1N.Nc1ncc(Br)cc1[N+](=O)[O-]. The summed E-state index contributed by atoms with van der Waals surface area (Å²) < 4.78 is 0.540. The van der Waals surface area contributed by atoms with Gasteiger partial charge in [-0.1, -0.05) is 0 Å². The minimum absolute atomic E-state index is 0.0711. The number of halogens is 1. The van der Waals surface area contributed by atoms with Crippen LogP contribution in [-0.2, 0) is 0 Å². The summed E-state index contributed by atoms with van der Waals surface area (Å²) in [5.74, 6) is -0.0711. The molecule has 0 aliphatic heterocycles. The van der Waals surface area contributed by atoms with Crippen molar-refractivity contribution in [3.8, 4) is 6.07 Å². The number of aromatic nitrogens is 1. The number of non-ortho nitro benzene ring substituents is 1. The first kappa shape index (κ1) is 20.2. The van der Waals surface area contributed by atoms with Gasteiger partial charge in [0, 0.05) is 22.8 Å². The number of anilines is 2. The molecule has 0 atom stereocenters. The summed E-state index contributed by atoms with van der Waals surface area (Å²) in [4.78, 5) is 32.4. The molecule has 0 radical (unpaired) electrons.